The van der Waals surface area contributed by atoms with E-state index >= 15 is 0 Å². The molecule has 1 unspecified atom stereocenters. The molecule has 0 nitrogen and oxygen atoms in total. The van der Waals surface area contributed by atoms with Gasteiger partial charge in [0.2, 0.25) is 0 Å². The molecule has 1 atom stereocenters. The summed E-state index contributed by atoms with van der Waals surface area (Å²) < 4.78 is 0. The van der Waals surface area contributed by atoms with Crippen molar-refractivity contribution < 1.29 is 0 Å². The Bertz CT molecular complexity index is 1440. The molecular weight excluding hydrogens is 384 g/mol. The Hall–Kier alpha value is -3.64. The molecule has 0 spiro atoms. The Morgan fingerprint density at radius 3 is 1.59 bits per heavy atom. The number of hydrogen-bond donors (Lipinski definition) is 0. The van der Waals surface area contributed by atoms with Gasteiger partial charge in [-0.25, -0.2) is 0 Å². The summed E-state index contributed by atoms with van der Waals surface area (Å²) in [5.74, 6) is 0.949. The first-order chi connectivity index (χ1) is 15.9. The van der Waals surface area contributed by atoms with Crippen LogP contribution in [0.3, 0.4) is 0 Å². The third kappa shape index (κ3) is 2.50. The zero-order valence-corrected chi connectivity index (χ0v) is 18.0. The van der Waals surface area contributed by atoms with E-state index in [-0.39, 0.29) is 0 Å². The summed E-state index contributed by atoms with van der Waals surface area (Å²) in [5.41, 5.74) is 11.7. The highest BCUT2D eigenvalue weighted by molar-refractivity contribution is 6.01. The molecule has 5 aromatic rings. The molecule has 0 amide bonds. The SMILES string of the molecule is c1ccc2c(c1)-c1ccccc1C2CCC1c2ccccc2-c2c1ccc1ccccc21. The molecule has 2 aliphatic rings. The molecule has 2 aliphatic carbocycles. The average Bonchev–Trinajstić information content (AvgIpc) is 3.36. The molecule has 0 fully saturated rings. The fraction of sp³-hybridized carbons (Fsp3) is 0.125. The Kier molecular flexibility index (Phi) is 3.90. The molecule has 0 aliphatic heterocycles. The maximum atomic E-state index is 2.39. The minimum absolute atomic E-state index is 0.464. The number of hydrogen-bond acceptors (Lipinski definition) is 0. The highest BCUT2D eigenvalue weighted by Crippen LogP contribution is 2.52. The topological polar surface area (TPSA) is 0 Å². The van der Waals surface area contributed by atoms with Crippen LogP contribution in [0.25, 0.3) is 33.0 Å². The normalized spacial score (nSPS) is 15.9. The van der Waals surface area contributed by atoms with E-state index in [1.54, 1.807) is 0 Å². The quantitative estimate of drug-likeness (QED) is 0.280. The Morgan fingerprint density at radius 2 is 0.906 bits per heavy atom. The van der Waals surface area contributed by atoms with Crippen LogP contribution in [-0.4, -0.2) is 0 Å². The van der Waals surface area contributed by atoms with E-state index in [0.717, 1.165) is 6.42 Å². The van der Waals surface area contributed by atoms with Crippen molar-refractivity contribution in [2.24, 2.45) is 0 Å². The second-order valence-electron chi connectivity index (χ2n) is 9.20. The number of rotatable bonds is 3. The van der Waals surface area contributed by atoms with Gasteiger partial charge in [0.1, 0.15) is 0 Å². The van der Waals surface area contributed by atoms with E-state index in [9.17, 15) is 0 Å². The van der Waals surface area contributed by atoms with E-state index < -0.39 is 0 Å². The van der Waals surface area contributed by atoms with Crippen molar-refractivity contribution in [1.82, 2.24) is 0 Å². The molecule has 5 aromatic carbocycles. The van der Waals surface area contributed by atoms with Crippen LogP contribution >= 0.6 is 0 Å². The summed E-state index contributed by atoms with van der Waals surface area (Å²) >= 11 is 0. The van der Waals surface area contributed by atoms with E-state index in [4.69, 9.17) is 0 Å². The Balaban J connectivity index is 1.31. The van der Waals surface area contributed by atoms with Crippen molar-refractivity contribution in [1.29, 1.82) is 0 Å². The third-order valence-electron chi connectivity index (χ3n) is 7.65. The Morgan fingerprint density at radius 1 is 0.406 bits per heavy atom. The van der Waals surface area contributed by atoms with Crippen LogP contribution in [0.2, 0.25) is 0 Å². The van der Waals surface area contributed by atoms with Gasteiger partial charge in [0.05, 0.1) is 0 Å². The number of fused-ring (bicyclic) bond motifs is 8. The van der Waals surface area contributed by atoms with Gasteiger partial charge in [0, 0.05) is 11.8 Å². The van der Waals surface area contributed by atoms with Crippen LogP contribution in [-0.2, 0) is 0 Å². The largest absolute Gasteiger partial charge is 0.0619 e. The smallest absolute Gasteiger partial charge is 0.0102 e. The van der Waals surface area contributed by atoms with Crippen molar-refractivity contribution in [2.75, 3.05) is 0 Å². The summed E-state index contributed by atoms with van der Waals surface area (Å²) in [5, 5.41) is 2.72. The maximum absolute atomic E-state index is 2.39. The van der Waals surface area contributed by atoms with Crippen molar-refractivity contribution >= 4 is 10.8 Å². The van der Waals surface area contributed by atoms with Crippen LogP contribution in [0.15, 0.2) is 109 Å². The van der Waals surface area contributed by atoms with Gasteiger partial charge in [-0.05, 0) is 68.1 Å². The standard InChI is InChI=1S/C32H24/c1-2-10-22-21(9-1)17-18-31-29(27-15-7-8-16-30(27)32(22)31)20-19-28-25-13-5-3-11-23(25)24-12-4-6-14-26(24)28/h1-18,28-29H,19-20H2. The lowest BCUT2D eigenvalue weighted by atomic mass is 9.85. The first-order valence-corrected chi connectivity index (χ1v) is 11.7. The van der Waals surface area contributed by atoms with E-state index in [2.05, 4.69) is 109 Å². The van der Waals surface area contributed by atoms with Gasteiger partial charge in [-0.3, -0.25) is 0 Å². The van der Waals surface area contributed by atoms with E-state index in [1.165, 1.54) is 61.7 Å². The summed E-state index contributed by atoms with van der Waals surface area (Å²) in [6.07, 6.45) is 2.33. The van der Waals surface area contributed by atoms with Crippen LogP contribution in [0.1, 0.15) is 46.9 Å². The predicted octanol–water partition coefficient (Wildman–Crippen LogP) is 8.54. The first kappa shape index (κ1) is 18.0. The van der Waals surface area contributed by atoms with E-state index in [0.29, 0.717) is 11.8 Å². The fourth-order valence-corrected chi connectivity index (χ4v) is 6.29. The molecule has 0 heteroatoms. The molecule has 152 valence electrons. The molecule has 0 saturated heterocycles. The second-order valence-corrected chi connectivity index (χ2v) is 9.20. The lowest BCUT2D eigenvalue weighted by Gasteiger charge is -2.19. The minimum atomic E-state index is 0.464. The third-order valence-corrected chi connectivity index (χ3v) is 7.65. The molecule has 0 aromatic heterocycles. The summed E-state index contributed by atoms with van der Waals surface area (Å²) in [7, 11) is 0. The summed E-state index contributed by atoms with van der Waals surface area (Å²) in [6, 6.07) is 40.6. The molecule has 0 heterocycles. The van der Waals surface area contributed by atoms with Crippen molar-refractivity contribution in [3.05, 3.63) is 131 Å². The van der Waals surface area contributed by atoms with Gasteiger partial charge < -0.3 is 0 Å². The lowest BCUT2D eigenvalue weighted by Crippen LogP contribution is -2.02. The second kappa shape index (κ2) is 6.93. The van der Waals surface area contributed by atoms with Crippen molar-refractivity contribution in [3.8, 4) is 22.3 Å². The van der Waals surface area contributed by atoms with Gasteiger partial charge in [-0.1, -0.05) is 109 Å². The van der Waals surface area contributed by atoms with Crippen LogP contribution in [0.4, 0.5) is 0 Å². The fourth-order valence-electron chi connectivity index (χ4n) is 6.29. The summed E-state index contributed by atoms with van der Waals surface area (Å²) in [6.45, 7) is 0. The van der Waals surface area contributed by atoms with Gasteiger partial charge in [0.25, 0.3) is 0 Å². The zero-order chi connectivity index (χ0) is 21.1. The van der Waals surface area contributed by atoms with E-state index in [1.807, 2.05) is 0 Å². The minimum Gasteiger partial charge on any atom is -0.0619 e. The monoisotopic (exact) mass is 408 g/mol. The lowest BCUT2D eigenvalue weighted by molar-refractivity contribution is 0.626. The maximum Gasteiger partial charge on any atom is 0.0102 e. The highest BCUT2D eigenvalue weighted by Gasteiger charge is 2.33. The van der Waals surface area contributed by atoms with Gasteiger partial charge in [0.15, 0.2) is 0 Å². The zero-order valence-electron chi connectivity index (χ0n) is 18.0. The predicted molar refractivity (Wildman–Crippen MR) is 134 cm³/mol. The van der Waals surface area contributed by atoms with Crippen LogP contribution in [0.5, 0.6) is 0 Å². The van der Waals surface area contributed by atoms with Crippen LogP contribution in [0, 0.1) is 0 Å². The molecule has 32 heavy (non-hydrogen) atoms. The van der Waals surface area contributed by atoms with Crippen molar-refractivity contribution in [3.63, 3.8) is 0 Å². The molecule has 0 N–H and O–H groups in total. The van der Waals surface area contributed by atoms with Gasteiger partial charge in [-0.15, -0.1) is 0 Å². The first-order valence-electron chi connectivity index (χ1n) is 11.7. The average molecular weight is 409 g/mol. The Labute approximate surface area is 189 Å². The molecule has 7 rings (SSSR count). The number of benzene rings is 5. The highest BCUT2D eigenvalue weighted by atomic mass is 14.4. The molecule has 0 saturated carbocycles. The van der Waals surface area contributed by atoms with Gasteiger partial charge >= 0.3 is 0 Å². The molecule has 0 bridgehead atoms. The van der Waals surface area contributed by atoms with Crippen molar-refractivity contribution in [2.45, 2.75) is 24.7 Å². The molecular formula is C32H24. The summed E-state index contributed by atoms with van der Waals surface area (Å²) in [4.78, 5) is 0. The van der Waals surface area contributed by atoms with Crippen LogP contribution < -0.4 is 0 Å². The van der Waals surface area contributed by atoms with Gasteiger partial charge in [-0.2, -0.15) is 0 Å². The molecule has 0 radical (unpaired) electrons.